The number of rotatable bonds is 5. The van der Waals surface area contributed by atoms with Gasteiger partial charge in [-0.1, -0.05) is 89.0 Å². The van der Waals surface area contributed by atoms with Crippen LogP contribution in [-0.4, -0.2) is 15.9 Å². The average Bonchev–Trinajstić information content (AvgIpc) is 3.25. The van der Waals surface area contributed by atoms with E-state index >= 15 is 0 Å². The first-order valence-electron chi connectivity index (χ1n) is 8.92. The number of halogens is 2. The lowest BCUT2D eigenvalue weighted by atomic mass is 10.0. The molecule has 3 aromatic carbocycles. The fraction of sp³-hybridized carbons (Fsp3) is 0.0435. The Kier molecular flexibility index (Phi) is 5.65. The molecule has 29 heavy (non-hydrogen) atoms. The maximum Gasteiger partial charge on any atom is 0.257 e. The molecule has 1 aromatic heterocycles. The molecular formula is C23H16Cl2N2O2. The summed E-state index contributed by atoms with van der Waals surface area (Å²) in [5.74, 6) is 0.107. The molecule has 0 radical (unpaired) electrons. The summed E-state index contributed by atoms with van der Waals surface area (Å²) >= 11 is 11.2. The number of alkyl halides is 2. The molecule has 0 atom stereocenters. The number of amides is 1. The molecule has 0 aliphatic heterocycles. The summed E-state index contributed by atoms with van der Waals surface area (Å²) in [6.07, 6.45) is 0. The molecule has 1 heterocycles. The molecule has 6 heteroatoms. The van der Waals surface area contributed by atoms with Gasteiger partial charge < -0.3 is 9.84 Å². The molecule has 4 aromatic rings. The minimum atomic E-state index is -1.13. The molecule has 4 nitrogen and oxygen atoms in total. The quantitative estimate of drug-likeness (QED) is 0.377. The lowest BCUT2D eigenvalue weighted by molar-refractivity contribution is -0.114. The standard InChI is InChI=1S/C23H16Cl2N2O2/c24-22(25)23(28)26-19-11-5-10-18(13-19)21-14-20(27-29-21)17-9-4-8-16(12-17)15-6-2-1-3-7-15/h1-14,22H,(H,26,28). The summed E-state index contributed by atoms with van der Waals surface area (Å²) in [7, 11) is 0. The third kappa shape index (κ3) is 4.50. The van der Waals surface area contributed by atoms with Gasteiger partial charge in [-0.05, 0) is 29.3 Å². The molecule has 0 saturated carbocycles. The second-order valence-corrected chi connectivity index (χ2v) is 7.49. The number of carbonyl (C=O) groups is 1. The van der Waals surface area contributed by atoms with Crippen LogP contribution < -0.4 is 5.32 Å². The van der Waals surface area contributed by atoms with Crippen LogP contribution in [0.25, 0.3) is 33.7 Å². The van der Waals surface area contributed by atoms with Crippen molar-refractivity contribution in [3.8, 4) is 33.7 Å². The molecule has 144 valence electrons. The number of aromatic nitrogens is 1. The van der Waals surface area contributed by atoms with Crippen molar-refractivity contribution in [3.05, 3.63) is 84.9 Å². The van der Waals surface area contributed by atoms with E-state index in [0.717, 1.165) is 27.9 Å². The molecule has 0 aliphatic carbocycles. The summed E-state index contributed by atoms with van der Waals surface area (Å²) in [5, 5.41) is 6.86. The van der Waals surface area contributed by atoms with Gasteiger partial charge in [0.05, 0.1) is 0 Å². The zero-order valence-corrected chi connectivity index (χ0v) is 16.7. The Labute approximate surface area is 178 Å². The van der Waals surface area contributed by atoms with Crippen molar-refractivity contribution in [1.82, 2.24) is 5.16 Å². The van der Waals surface area contributed by atoms with Crippen LogP contribution in [0.4, 0.5) is 5.69 Å². The minimum Gasteiger partial charge on any atom is -0.356 e. The van der Waals surface area contributed by atoms with Gasteiger partial charge in [0, 0.05) is 22.9 Å². The Morgan fingerprint density at radius 2 is 1.48 bits per heavy atom. The molecule has 4 rings (SSSR count). The maximum atomic E-state index is 11.7. The molecule has 0 fully saturated rings. The highest BCUT2D eigenvalue weighted by molar-refractivity contribution is 6.54. The van der Waals surface area contributed by atoms with Gasteiger partial charge in [-0.15, -0.1) is 0 Å². The highest BCUT2D eigenvalue weighted by atomic mass is 35.5. The van der Waals surface area contributed by atoms with Gasteiger partial charge >= 0.3 is 0 Å². The van der Waals surface area contributed by atoms with Crippen molar-refractivity contribution in [1.29, 1.82) is 0 Å². The number of hydrogen-bond donors (Lipinski definition) is 1. The van der Waals surface area contributed by atoms with Gasteiger partial charge in [0.25, 0.3) is 5.91 Å². The van der Waals surface area contributed by atoms with E-state index in [9.17, 15) is 4.79 Å². The van der Waals surface area contributed by atoms with E-state index in [1.165, 1.54) is 0 Å². The smallest absolute Gasteiger partial charge is 0.257 e. The molecule has 0 aliphatic rings. The van der Waals surface area contributed by atoms with Crippen LogP contribution >= 0.6 is 23.2 Å². The SMILES string of the molecule is O=C(Nc1cccc(-c2cc(-c3cccc(-c4ccccc4)c3)no2)c1)C(Cl)Cl. The Hall–Kier alpha value is -3.08. The van der Waals surface area contributed by atoms with Crippen LogP contribution in [0.1, 0.15) is 0 Å². The molecule has 0 saturated heterocycles. The van der Waals surface area contributed by atoms with Crippen molar-refractivity contribution in [2.45, 2.75) is 4.84 Å². The number of benzene rings is 3. The van der Waals surface area contributed by atoms with Gasteiger partial charge in [0.2, 0.25) is 0 Å². The van der Waals surface area contributed by atoms with Gasteiger partial charge in [-0.3, -0.25) is 4.79 Å². The van der Waals surface area contributed by atoms with Crippen LogP contribution in [0.15, 0.2) is 89.5 Å². The predicted molar refractivity (Wildman–Crippen MR) is 117 cm³/mol. The summed E-state index contributed by atoms with van der Waals surface area (Å²) in [6.45, 7) is 0. The Morgan fingerprint density at radius 3 is 2.28 bits per heavy atom. The first kappa shape index (κ1) is 19.2. The third-order valence-electron chi connectivity index (χ3n) is 4.39. The van der Waals surface area contributed by atoms with Gasteiger partial charge in [-0.25, -0.2) is 0 Å². The van der Waals surface area contributed by atoms with Crippen molar-refractivity contribution in [2.24, 2.45) is 0 Å². The molecule has 0 spiro atoms. The largest absolute Gasteiger partial charge is 0.356 e. The van der Waals surface area contributed by atoms with Crippen LogP contribution in [-0.2, 0) is 4.79 Å². The fourth-order valence-electron chi connectivity index (χ4n) is 2.98. The van der Waals surface area contributed by atoms with Crippen LogP contribution in [0, 0.1) is 0 Å². The average molecular weight is 423 g/mol. The Balaban J connectivity index is 1.60. The molecule has 1 N–H and O–H groups in total. The Bertz CT molecular complexity index is 1140. The summed E-state index contributed by atoms with van der Waals surface area (Å²) in [5.41, 5.74) is 5.28. The number of nitrogens with one attached hydrogen (secondary N) is 1. The molecule has 1 amide bonds. The topological polar surface area (TPSA) is 55.1 Å². The van der Waals surface area contributed by atoms with Crippen molar-refractivity contribution < 1.29 is 9.32 Å². The van der Waals surface area contributed by atoms with Crippen LogP contribution in [0.2, 0.25) is 0 Å². The lowest BCUT2D eigenvalue weighted by Crippen LogP contribution is -2.18. The molecule has 0 bridgehead atoms. The van der Waals surface area contributed by atoms with E-state index in [-0.39, 0.29) is 0 Å². The van der Waals surface area contributed by atoms with E-state index < -0.39 is 10.7 Å². The molecular weight excluding hydrogens is 407 g/mol. The van der Waals surface area contributed by atoms with E-state index in [1.54, 1.807) is 18.2 Å². The van der Waals surface area contributed by atoms with Gasteiger partial charge in [0.15, 0.2) is 10.6 Å². The highest BCUT2D eigenvalue weighted by Gasteiger charge is 2.13. The summed E-state index contributed by atoms with van der Waals surface area (Å²) in [6, 6.07) is 27.4. The fourth-order valence-corrected chi connectivity index (χ4v) is 3.09. The van der Waals surface area contributed by atoms with Gasteiger partial charge in [-0.2, -0.15) is 0 Å². The first-order valence-corrected chi connectivity index (χ1v) is 9.79. The number of carbonyl (C=O) groups excluding carboxylic acids is 1. The van der Waals surface area contributed by atoms with Gasteiger partial charge in [0.1, 0.15) is 5.69 Å². The number of anilines is 1. The monoisotopic (exact) mass is 422 g/mol. The van der Waals surface area contributed by atoms with E-state index in [0.29, 0.717) is 11.4 Å². The zero-order valence-electron chi connectivity index (χ0n) is 15.2. The van der Waals surface area contributed by atoms with E-state index in [4.69, 9.17) is 27.7 Å². The third-order valence-corrected chi connectivity index (χ3v) is 4.78. The summed E-state index contributed by atoms with van der Waals surface area (Å²) < 4.78 is 5.54. The predicted octanol–water partition coefficient (Wildman–Crippen LogP) is 6.42. The Morgan fingerprint density at radius 1 is 0.793 bits per heavy atom. The second kappa shape index (κ2) is 8.52. The highest BCUT2D eigenvalue weighted by Crippen LogP contribution is 2.30. The number of nitrogens with zero attached hydrogens (tertiary/aromatic N) is 1. The zero-order chi connectivity index (χ0) is 20.2. The number of hydrogen-bond acceptors (Lipinski definition) is 3. The maximum absolute atomic E-state index is 11.7. The molecule has 0 unspecified atom stereocenters. The normalized spacial score (nSPS) is 10.9. The van der Waals surface area contributed by atoms with Crippen molar-refractivity contribution in [3.63, 3.8) is 0 Å². The lowest BCUT2D eigenvalue weighted by Gasteiger charge is -2.06. The second-order valence-electron chi connectivity index (χ2n) is 6.39. The van der Waals surface area contributed by atoms with Crippen molar-refractivity contribution in [2.75, 3.05) is 5.32 Å². The minimum absolute atomic E-state index is 0.485. The first-order chi connectivity index (χ1) is 14.1. The van der Waals surface area contributed by atoms with Crippen LogP contribution in [0.5, 0.6) is 0 Å². The van der Waals surface area contributed by atoms with E-state index in [1.807, 2.05) is 42.5 Å². The van der Waals surface area contributed by atoms with Crippen LogP contribution in [0.3, 0.4) is 0 Å². The van der Waals surface area contributed by atoms with Crippen molar-refractivity contribution >= 4 is 34.8 Å². The summed E-state index contributed by atoms with van der Waals surface area (Å²) in [4.78, 5) is 10.6. The van der Waals surface area contributed by atoms with E-state index in [2.05, 4.69) is 34.7 Å².